The van der Waals surface area contributed by atoms with Crippen molar-refractivity contribution in [2.24, 2.45) is 0 Å². The van der Waals surface area contributed by atoms with E-state index < -0.39 is 0 Å². The summed E-state index contributed by atoms with van der Waals surface area (Å²) in [6, 6.07) is 23.1. The maximum atomic E-state index is 13.1. The highest BCUT2D eigenvalue weighted by Crippen LogP contribution is 2.19. The van der Waals surface area contributed by atoms with Gasteiger partial charge in [0.2, 0.25) is 0 Å². The summed E-state index contributed by atoms with van der Waals surface area (Å²) in [5.41, 5.74) is 1.40. The third-order valence-electron chi connectivity index (χ3n) is 4.72. The van der Waals surface area contributed by atoms with E-state index in [0.29, 0.717) is 21.5 Å². The van der Waals surface area contributed by atoms with Crippen molar-refractivity contribution in [3.05, 3.63) is 105 Å². The lowest BCUT2D eigenvalue weighted by Gasteiger charge is -2.16. The second-order valence-electron chi connectivity index (χ2n) is 6.70. The van der Waals surface area contributed by atoms with Crippen LogP contribution in [0.3, 0.4) is 0 Å². The van der Waals surface area contributed by atoms with Gasteiger partial charge in [0.05, 0.1) is 17.1 Å². The Balaban J connectivity index is 1.79. The number of benzene rings is 3. The van der Waals surface area contributed by atoms with Crippen molar-refractivity contribution in [3.8, 4) is 5.69 Å². The maximum absolute atomic E-state index is 13.1. The first-order valence-corrected chi connectivity index (χ1v) is 9.56. The van der Waals surface area contributed by atoms with E-state index in [9.17, 15) is 9.59 Å². The topological polar surface area (TPSA) is 64.0 Å². The smallest absolute Gasteiger partial charge is 0.279 e. The van der Waals surface area contributed by atoms with Gasteiger partial charge in [0.25, 0.3) is 11.5 Å². The molecule has 0 unspecified atom stereocenters. The number of halogens is 1. The van der Waals surface area contributed by atoms with E-state index in [4.69, 9.17) is 11.6 Å². The second kappa shape index (κ2) is 7.89. The van der Waals surface area contributed by atoms with E-state index in [-0.39, 0.29) is 23.2 Å². The van der Waals surface area contributed by atoms with Crippen LogP contribution in [0.25, 0.3) is 16.5 Å². The van der Waals surface area contributed by atoms with Gasteiger partial charge in [0, 0.05) is 10.4 Å². The van der Waals surface area contributed by atoms with Gasteiger partial charge in [-0.25, -0.2) is 0 Å². The van der Waals surface area contributed by atoms with Crippen LogP contribution >= 0.6 is 11.6 Å². The normalized spacial score (nSPS) is 11.9. The molecule has 5 nitrogen and oxygen atoms in total. The summed E-state index contributed by atoms with van der Waals surface area (Å²) in [5, 5.41) is 8.91. The fourth-order valence-corrected chi connectivity index (χ4v) is 3.42. The van der Waals surface area contributed by atoms with E-state index in [1.165, 1.54) is 4.68 Å². The SMILES string of the molecule is C[C@H](NC(=O)c1nn(-c2ccccc2)c(=O)c2ccccc12)c1cccc(Cl)c1. The molecule has 1 N–H and O–H groups in total. The Labute approximate surface area is 172 Å². The number of nitrogens with zero attached hydrogens (tertiary/aromatic N) is 2. The minimum atomic E-state index is -0.363. The van der Waals surface area contributed by atoms with E-state index in [2.05, 4.69) is 10.4 Å². The van der Waals surface area contributed by atoms with Gasteiger partial charge in [0.15, 0.2) is 5.69 Å². The number of carbonyl (C=O) groups excluding carboxylic acids is 1. The molecule has 0 spiro atoms. The lowest BCUT2D eigenvalue weighted by atomic mass is 10.1. The van der Waals surface area contributed by atoms with E-state index >= 15 is 0 Å². The van der Waals surface area contributed by atoms with Gasteiger partial charge in [-0.2, -0.15) is 9.78 Å². The second-order valence-corrected chi connectivity index (χ2v) is 7.13. The molecule has 144 valence electrons. The first-order valence-electron chi connectivity index (χ1n) is 9.18. The average molecular weight is 404 g/mol. The lowest BCUT2D eigenvalue weighted by Crippen LogP contribution is -2.31. The Morgan fingerprint density at radius 1 is 0.966 bits per heavy atom. The van der Waals surface area contributed by atoms with E-state index in [0.717, 1.165) is 5.56 Å². The quantitative estimate of drug-likeness (QED) is 0.544. The Hall–Kier alpha value is -3.44. The molecule has 6 heteroatoms. The molecule has 0 bridgehead atoms. The van der Waals surface area contributed by atoms with Crippen molar-refractivity contribution in [1.82, 2.24) is 15.1 Å². The van der Waals surface area contributed by atoms with Crippen LogP contribution in [0.4, 0.5) is 0 Å². The van der Waals surface area contributed by atoms with Crippen LogP contribution in [0.2, 0.25) is 5.02 Å². The molecule has 0 fully saturated rings. The largest absolute Gasteiger partial charge is 0.344 e. The summed E-state index contributed by atoms with van der Waals surface area (Å²) in [5.74, 6) is -0.363. The fourth-order valence-electron chi connectivity index (χ4n) is 3.23. The zero-order valence-corrected chi connectivity index (χ0v) is 16.4. The van der Waals surface area contributed by atoms with Crippen molar-refractivity contribution in [2.75, 3.05) is 0 Å². The van der Waals surface area contributed by atoms with Gasteiger partial charge in [-0.3, -0.25) is 9.59 Å². The molecule has 0 aliphatic heterocycles. The highest BCUT2D eigenvalue weighted by molar-refractivity contribution is 6.30. The summed E-state index contributed by atoms with van der Waals surface area (Å²) in [6.45, 7) is 1.87. The summed E-state index contributed by atoms with van der Waals surface area (Å²) in [6.07, 6.45) is 0. The zero-order chi connectivity index (χ0) is 20.4. The van der Waals surface area contributed by atoms with Gasteiger partial charge >= 0.3 is 0 Å². The standard InChI is InChI=1S/C23H18ClN3O2/c1-15(16-8-7-9-17(24)14-16)25-22(28)21-19-12-5-6-13-20(19)23(29)27(26-21)18-10-3-2-4-11-18/h2-15H,1H3,(H,25,28)/t15-/m0/s1. The van der Waals surface area contributed by atoms with Gasteiger partial charge < -0.3 is 5.32 Å². The Morgan fingerprint density at radius 3 is 2.38 bits per heavy atom. The highest BCUT2D eigenvalue weighted by atomic mass is 35.5. The predicted octanol–water partition coefficient (Wildman–Crippen LogP) is 4.53. The molecule has 0 aliphatic carbocycles. The molecule has 0 aliphatic rings. The van der Waals surface area contributed by atoms with Crippen LogP contribution < -0.4 is 10.9 Å². The van der Waals surface area contributed by atoms with Crippen molar-refractivity contribution in [3.63, 3.8) is 0 Å². The third kappa shape index (κ3) is 3.77. The van der Waals surface area contributed by atoms with Crippen LogP contribution in [0.15, 0.2) is 83.7 Å². The van der Waals surface area contributed by atoms with Gasteiger partial charge in [-0.05, 0) is 42.8 Å². The number of fused-ring (bicyclic) bond motifs is 1. The van der Waals surface area contributed by atoms with Crippen LogP contribution in [-0.4, -0.2) is 15.7 Å². The number of para-hydroxylation sites is 1. The molecule has 4 aromatic rings. The minimum absolute atomic E-state index is 0.193. The van der Waals surface area contributed by atoms with E-state index in [1.54, 1.807) is 42.5 Å². The van der Waals surface area contributed by atoms with Crippen LogP contribution in [0, 0.1) is 0 Å². The molecule has 0 radical (unpaired) electrons. The molecular weight excluding hydrogens is 386 g/mol. The van der Waals surface area contributed by atoms with Crippen LogP contribution in [0.5, 0.6) is 0 Å². The molecule has 0 saturated heterocycles. The average Bonchev–Trinajstić information content (AvgIpc) is 2.74. The number of hydrogen-bond acceptors (Lipinski definition) is 3. The number of nitrogens with one attached hydrogen (secondary N) is 1. The van der Waals surface area contributed by atoms with Crippen molar-refractivity contribution >= 4 is 28.3 Å². The highest BCUT2D eigenvalue weighted by Gasteiger charge is 2.19. The molecule has 1 atom stereocenters. The first-order chi connectivity index (χ1) is 14.0. The van der Waals surface area contributed by atoms with Gasteiger partial charge in [-0.15, -0.1) is 0 Å². The molecule has 4 rings (SSSR count). The lowest BCUT2D eigenvalue weighted by molar-refractivity contribution is 0.0935. The Bertz CT molecular complexity index is 1250. The Morgan fingerprint density at radius 2 is 1.66 bits per heavy atom. The fraction of sp³-hybridized carbons (Fsp3) is 0.0870. The summed E-state index contributed by atoms with van der Waals surface area (Å²) < 4.78 is 1.27. The number of amides is 1. The number of carbonyl (C=O) groups is 1. The number of hydrogen-bond donors (Lipinski definition) is 1. The molecule has 1 aromatic heterocycles. The minimum Gasteiger partial charge on any atom is -0.344 e. The van der Waals surface area contributed by atoms with Crippen LogP contribution in [-0.2, 0) is 0 Å². The molecule has 3 aromatic carbocycles. The molecular formula is C23H18ClN3O2. The number of aromatic nitrogens is 2. The van der Waals surface area contributed by atoms with Crippen LogP contribution in [0.1, 0.15) is 29.0 Å². The predicted molar refractivity (Wildman–Crippen MR) is 115 cm³/mol. The van der Waals surface area contributed by atoms with Crippen molar-refractivity contribution < 1.29 is 4.79 Å². The monoisotopic (exact) mass is 403 g/mol. The molecule has 1 amide bonds. The summed E-state index contributed by atoms with van der Waals surface area (Å²) in [4.78, 5) is 26.0. The Kier molecular flexibility index (Phi) is 5.14. The summed E-state index contributed by atoms with van der Waals surface area (Å²) in [7, 11) is 0. The molecule has 29 heavy (non-hydrogen) atoms. The summed E-state index contributed by atoms with van der Waals surface area (Å²) >= 11 is 6.06. The molecule has 0 saturated carbocycles. The zero-order valence-electron chi connectivity index (χ0n) is 15.7. The van der Waals surface area contributed by atoms with Gasteiger partial charge in [0.1, 0.15) is 0 Å². The molecule has 1 heterocycles. The van der Waals surface area contributed by atoms with E-state index in [1.807, 2.05) is 43.3 Å². The van der Waals surface area contributed by atoms with Gasteiger partial charge in [-0.1, -0.05) is 60.1 Å². The number of rotatable bonds is 4. The third-order valence-corrected chi connectivity index (χ3v) is 4.95. The first kappa shape index (κ1) is 18.9. The maximum Gasteiger partial charge on any atom is 0.279 e. The van der Waals surface area contributed by atoms with Crippen molar-refractivity contribution in [1.29, 1.82) is 0 Å². The van der Waals surface area contributed by atoms with Crippen molar-refractivity contribution in [2.45, 2.75) is 13.0 Å².